The number of carbonyl (C=O) groups is 2. The molecule has 0 spiro atoms. The average Bonchev–Trinajstić information content (AvgIpc) is 3.41. The fourth-order valence-electron chi connectivity index (χ4n) is 3.58. The van der Waals surface area contributed by atoms with Crippen molar-refractivity contribution in [1.82, 2.24) is 20.5 Å². The number of carbonyl (C=O) groups excluding carboxylic acids is 2. The van der Waals surface area contributed by atoms with Crippen LogP contribution in [0.25, 0.3) is 0 Å². The Morgan fingerprint density at radius 2 is 2.21 bits per heavy atom. The zero-order valence-corrected chi connectivity index (χ0v) is 14.9. The van der Waals surface area contributed by atoms with Gasteiger partial charge in [-0.1, -0.05) is 6.92 Å². The van der Waals surface area contributed by atoms with Gasteiger partial charge in [0.2, 0.25) is 5.91 Å². The number of urea groups is 1. The Balaban J connectivity index is 1.33. The lowest BCUT2D eigenvalue weighted by molar-refractivity contribution is -0.128. The summed E-state index contributed by atoms with van der Waals surface area (Å²) in [7, 11) is 0. The van der Waals surface area contributed by atoms with Gasteiger partial charge in [-0.2, -0.15) is 0 Å². The lowest BCUT2D eigenvalue weighted by atomic mass is 10.2. The SMILES string of the molecule is Cc1csc([C@H](NC(=O)N[C@@H]2CC(=O)N([C@@H]3C[C@@H]3C)C2)C2CC2)n1. The van der Waals surface area contributed by atoms with Gasteiger partial charge < -0.3 is 15.5 Å². The summed E-state index contributed by atoms with van der Waals surface area (Å²) >= 11 is 1.61. The number of amides is 3. The molecule has 1 aromatic rings. The normalized spacial score (nSPS) is 30.3. The van der Waals surface area contributed by atoms with Crippen molar-refractivity contribution in [2.75, 3.05) is 6.54 Å². The van der Waals surface area contributed by atoms with E-state index >= 15 is 0 Å². The second-order valence-electron chi connectivity index (χ2n) is 7.49. The van der Waals surface area contributed by atoms with Crippen LogP contribution in [0.4, 0.5) is 4.79 Å². The Hall–Kier alpha value is -1.63. The third kappa shape index (κ3) is 3.27. The predicted molar refractivity (Wildman–Crippen MR) is 91.7 cm³/mol. The number of likely N-dealkylation sites (tertiary alicyclic amines) is 1. The summed E-state index contributed by atoms with van der Waals surface area (Å²) in [6, 6.07) is 0.136. The molecule has 2 N–H and O–H groups in total. The molecule has 1 saturated heterocycles. The molecule has 3 aliphatic rings. The largest absolute Gasteiger partial charge is 0.337 e. The van der Waals surface area contributed by atoms with Crippen molar-refractivity contribution in [2.24, 2.45) is 11.8 Å². The molecule has 130 valence electrons. The van der Waals surface area contributed by atoms with Gasteiger partial charge in [-0.05, 0) is 38.0 Å². The third-order valence-corrected chi connectivity index (χ3v) is 6.29. The summed E-state index contributed by atoms with van der Waals surface area (Å²) in [4.78, 5) is 31.0. The van der Waals surface area contributed by atoms with E-state index < -0.39 is 0 Å². The van der Waals surface area contributed by atoms with E-state index in [1.807, 2.05) is 17.2 Å². The molecule has 3 fully saturated rings. The van der Waals surface area contributed by atoms with E-state index in [1.54, 1.807) is 11.3 Å². The van der Waals surface area contributed by atoms with Crippen LogP contribution in [0, 0.1) is 18.8 Å². The van der Waals surface area contributed by atoms with Gasteiger partial charge in [-0.15, -0.1) is 11.3 Å². The number of rotatable bonds is 5. The fraction of sp³-hybridized carbons (Fsp3) is 0.706. The fourth-order valence-corrected chi connectivity index (χ4v) is 4.52. The van der Waals surface area contributed by atoms with E-state index in [4.69, 9.17) is 0 Å². The van der Waals surface area contributed by atoms with Gasteiger partial charge in [0.1, 0.15) is 5.01 Å². The van der Waals surface area contributed by atoms with Crippen molar-refractivity contribution < 1.29 is 9.59 Å². The number of thiazole rings is 1. The molecule has 0 aromatic carbocycles. The Labute approximate surface area is 146 Å². The first-order chi connectivity index (χ1) is 11.5. The van der Waals surface area contributed by atoms with Crippen molar-refractivity contribution in [3.05, 3.63) is 16.1 Å². The Bertz CT molecular complexity index is 657. The Morgan fingerprint density at radius 1 is 1.46 bits per heavy atom. The van der Waals surface area contributed by atoms with Crippen LogP contribution < -0.4 is 10.6 Å². The smallest absolute Gasteiger partial charge is 0.315 e. The summed E-state index contributed by atoms with van der Waals surface area (Å²) in [5, 5.41) is 9.09. The minimum absolute atomic E-state index is 0.000335. The van der Waals surface area contributed by atoms with Crippen LogP contribution in [0.1, 0.15) is 49.4 Å². The van der Waals surface area contributed by atoms with Crippen LogP contribution >= 0.6 is 11.3 Å². The van der Waals surface area contributed by atoms with Crippen LogP contribution in [0.2, 0.25) is 0 Å². The number of hydrogen-bond acceptors (Lipinski definition) is 4. The van der Waals surface area contributed by atoms with E-state index in [1.165, 1.54) is 0 Å². The van der Waals surface area contributed by atoms with E-state index in [2.05, 4.69) is 22.5 Å². The van der Waals surface area contributed by atoms with Crippen LogP contribution in [-0.4, -0.2) is 40.5 Å². The molecule has 3 amide bonds. The van der Waals surface area contributed by atoms with Crippen molar-refractivity contribution in [3.63, 3.8) is 0 Å². The molecule has 0 bridgehead atoms. The first-order valence-corrected chi connectivity index (χ1v) is 9.67. The number of aryl methyl sites for hydroxylation is 1. The average molecular weight is 348 g/mol. The Morgan fingerprint density at radius 3 is 2.79 bits per heavy atom. The zero-order valence-electron chi connectivity index (χ0n) is 14.1. The summed E-state index contributed by atoms with van der Waals surface area (Å²) in [6.45, 7) is 4.79. The number of hydrogen-bond donors (Lipinski definition) is 2. The maximum Gasteiger partial charge on any atom is 0.315 e. The number of nitrogens with zero attached hydrogens (tertiary/aromatic N) is 2. The number of nitrogens with one attached hydrogen (secondary N) is 2. The maximum atomic E-state index is 12.4. The van der Waals surface area contributed by atoms with Crippen LogP contribution in [0.5, 0.6) is 0 Å². The molecule has 6 nitrogen and oxygen atoms in total. The van der Waals surface area contributed by atoms with Crippen molar-refractivity contribution in [3.8, 4) is 0 Å². The van der Waals surface area contributed by atoms with Crippen molar-refractivity contribution in [1.29, 1.82) is 0 Å². The minimum atomic E-state index is -0.178. The lowest BCUT2D eigenvalue weighted by Gasteiger charge is -2.20. The van der Waals surface area contributed by atoms with Crippen LogP contribution in [-0.2, 0) is 4.79 Å². The van der Waals surface area contributed by atoms with Gasteiger partial charge in [-0.3, -0.25) is 4.79 Å². The van der Waals surface area contributed by atoms with Crippen molar-refractivity contribution >= 4 is 23.3 Å². The molecule has 0 unspecified atom stereocenters. The molecule has 2 aliphatic carbocycles. The summed E-state index contributed by atoms with van der Waals surface area (Å²) in [6.07, 6.45) is 3.79. The summed E-state index contributed by atoms with van der Waals surface area (Å²) in [5.74, 6) is 1.27. The zero-order chi connectivity index (χ0) is 16.8. The molecular weight excluding hydrogens is 324 g/mol. The second kappa shape index (κ2) is 6.02. The monoisotopic (exact) mass is 348 g/mol. The Kier molecular flexibility index (Phi) is 3.98. The molecular formula is C17H24N4O2S. The molecule has 2 heterocycles. The van der Waals surface area contributed by atoms with Gasteiger partial charge in [0.05, 0.1) is 12.1 Å². The first kappa shape index (κ1) is 15.9. The second-order valence-corrected chi connectivity index (χ2v) is 8.38. The van der Waals surface area contributed by atoms with Crippen LogP contribution in [0.15, 0.2) is 5.38 Å². The van der Waals surface area contributed by atoms with E-state index in [-0.39, 0.29) is 24.0 Å². The molecule has 7 heteroatoms. The molecule has 1 aliphatic heterocycles. The molecule has 24 heavy (non-hydrogen) atoms. The highest BCUT2D eigenvalue weighted by Gasteiger charge is 2.45. The molecule has 4 atom stereocenters. The highest BCUT2D eigenvalue weighted by atomic mass is 32.1. The lowest BCUT2D eigenvalue weighted by Crippen LogP contribution is -2.45. The summed E-state index contributed by atoms with van der Waals surface area (Å²) in [5.41, 5.74) is 0.999. The van der Waals surface area contributed by atoms with Gasteiger partial charge >= 0.3 is 6.03 Å². The van der Waals surface area contributed by atoms with E-state index in [0.717, 1.165) is 30.0 Å². The van der Waals surface area contributed by atoms with E-state index in [0.29, 0.717) is 30.8 Å². The van der Waals surface area contributed by atoms with Gasteiger partial charge in [0.25, 0.3) is 0 Å². The topological polar surface area (TPSA) is 74.3 Å². The molecule has 4 rings (SSSR count). The van der Waals surface area contributed by atoms with Gasteiger partial charge in [0.15, 0.2) is 0 Å². The highest BCUT2D eigenvalue weighted by molar-refractivity contribution is 7.09. The third-order valence-electron chi connectivity index (χ3n) is 5.24. The molecule has 2 saturated carbocycles. The van der Waals surface area contributed by atoms with E-state index in [9.17, 15) is 9.59 Å². The molecule has 1 aromatic heterocycles. The minimum Gasteiger partial charge on any atom is -0.337 e. The maximum absolute atomic E-state index is 12.4. The first-order valence-electron chi connectivity index (χ1n) is 8.80. The molecule has 0 radical (unpaired) electrons. The quantitative estimate of drug-likeness (QED) is 0.857. The standard InChI is InChI=1S/C17H24N4O2S/c1-9-5-13(9)21-7-12(6-14(21)22)19-17(23)20-15(11-3-4-11)16-18-10(2)8-24-16/h8-9,11-13,15H,3-7H2,1-2H3,(H2,19,20,23)/t9-,12+,13+,15+/m0/s1. The van der Waals surface area contributed by atoms with Crippen molar-refractivity contribution in [2.45, 2.75) is 57.7 Å². The van der Waals surface area contributed by atoms with Crippen LogP contribution in [0.3, 0.4) is 0 Å². The highest BCUT2D eigenvalue weighted by Crippen LogP contribution is 2.42. The predicted octanol–water partition coefficient (Wildman–Crippen LogP) is 2.21. The van der Waals surface area contributed by atoms with Gasteiger partial charge in [0, 0.05) is 30.1 Å². The summed E-state index contributed by atoms with van der Waals surface area (Å²) < 4.78 is 0. The number of aromatic nitrogens is 1. The van der Waals surface area contributed by atoms with Gasteiger partial charge in [-0.25, -0.2) is 9.78 Å².